The fraction of sp³-hybridized carbons (Fsp3) is 0.571. The van der Waals surface area contributed by atoms with Crippen molar-refractivity contribution in [2.45, 2.75) is 19.8 Å². The van der Waals surface area contributed by atoms with Crippen LogP contribution in [-0.4, -0.2) is 27.8 Å². The highest BCUT2D eigenvalue weighted by Gasteiger charge is 2.15. The van der Waals surface area contributed by atoms with Crippen molar-refractivity contribution < 1.29 is 9.47 Å². The second kappa shape index (κ2) is 6.50. The summed E-state index contributed by atoms with van der Waals surface area (Å²) in [5, 5.41) is 3.21. The molecule has 1 aromatic rings. The van der Waals surface area contributed by atoms with Crippen molar-refractivity contribution in [1.29, 1.82) is 0 Å². The van der Waals surface area contributed by atoms with Gasteiger partial charge in [-0.05, 0) is 43.1 Å². The molecule has 0 aliphatic heterocycles. The molecule has 3 heteroatoms. The van der Waals surface area contributed by atoms with Crippen molar-refractivity contribution in [3.05, 3.63) is 23.8 Å². The fourth-order valence-electron chi connectivity index (χ4n) is 1.96. The number of hydrogen-bond donors (Lipinski definition) is 1. The Labute approximate surface area is 104 Å². The van der Waals surface area contributed by atoms with E-state index in [1.54, 1.807) is 14.2 Å². The first-order chi connectivity index (χ1) is 8.13. The van der Waals surface area contributed by atoms with Crippen molar-refractivity contribution in [3.63, 3.8) is 0 Å². The first kappa shape index (κ1) is 13.8. The lowest BCUT2D eigenvalue weighted by molar-refractivity contribution is 0.353. The number of ether oxygens (including phenoxy) is 2. The monoisotopic (exact) mass is 237 g/mol. The zero-order valence-corrected chi connectivity index (χ0v) is 11.4. The van der Waals surface area contributed by atoms with E-state index in [2.05, 4.69) is 31.3 Å². The van der Waals surface area contributed by atoms with Gasteiger partial charge in [0, 0.05) is 0 Å². The van der Waals surface area contributed by atoms with E-state index in [0.717, 1.165) is 18.0 Å². The molecule has 0 bridgehead atoms. The lowest BCUT2D eigenvalue weighted by atomic mass is 9.88. The summed E-state index contributed by atoms with van der Waals surface area (Å²) in [5.41, 5.74) is 1.28. The van der Waals surface area contributed by atoms with Crippen LogP contribution < -0.4 is 14.8 Å². The molecule has 0 aliphatic carbocycles. The molecule has 96 valence electrons. The van der Waals surface area contributed by atoms with E-state index in [1.165, 1.54) is 5.56 Å². The van der Waals surface area contributed by atoms with Crippen LogP contribution in [0.1, 0.15) is 25.3 Å². The molecule has 0 spiro atoms. The number of nitrogens with one attached hydrogen (secondary N) is 1. The van der Waals surface area contributed by atoms with Gasteiger partial charge >= 0.3 is 0 Å². The van der Waals surface area contributed by atoms with E-state index in [1.807, 2.05) is 13.1 Å². The van der Waals surface area contributed by atoms with Gasteiger partial charge in [-0.3, -0.25) is 0 Å². The molecule has 1 rings (SSSR count). The van der Waals surface area contributed by atoms with Gasteiger partial charge in [-0.25, -0.2) is 0 Å². The molecular weight excluding hydrogens is 214 g/mol. The highest BCUT2D eigenvalue weighted by molar-refractivity contribution is 5.43. The van der Waals surface area contributed by atoms with Gasteiger partial charge in [0.05, 0.1) is 14.2 Å². The molecule has 1 N–H and O–H groups in total. The third-order valence-corrected chi connectivity index (χ3v) is 3.31. The standard InChI is InChI=1S/C14H23NO2/c1-10(9-15-3)11(2)12-6-7-13(16-4)14(8-12)17-5/h6-8,10-11,15H,9H2,1-5H3. The van der Waals surface area contributed by atoms with Gasteiger partial charge in [0.15, 0.2) is 11.5 Å². The van der Waals surface area contributed by atoms with Crippen LogP contribution in [0.25, 0.3) is 0 Å². The van der Waals surface area contributed by atoms with Gasteiger partial charge in [-0.15, -0.1) is 0 Å². The van der Waals surface area contributed by atoms with Crippen molar-refractivity contribution in [2.75, 3.05) is 27.8 Å². The van der Waals surface area contributed by atoms with Crippen LogP contribution in [0.5, 0.6) is 11.5 Å². The lowest BCUT2D eigenvalue weighted by Gasteiger charge is -2.21. The third kappa shape index (κ3) is 3.37. The van der Waals surface area contributed by atoms with E-state index in [-0.39, 0.29) is 0 Å². The molecule has 0 saturated carbocycles. The van der Waals surface area contributed by atoms with Crippen LogP contribution in [0, 0.1) is 5.92 Å². The fourth-order valence-corrected chi connectivity index (χ4v) is 1.96. The molecule has 2 unspecified atom stereocenters. The second-order valence-corrected chi connectivity index (χ2v) is 4.44. The Hall–Kier alpha value is -1.22. The van der Waals surface area contributed by atoms with Crippen LogP contribution in [0.3, 0.4) is 0 Å². The van der Waals surface area contributed by atoms with Gasteiger partial charge in [0.1, 0.15) is 0 Å². The number of hydrogen-bond acceptors (Lipinski definition) is 3. The number of benzene rings is 1. The van der Waals surface area contributed by atoms with Crippen LogP contribution >= 0.6 is 0 Å². The SMILES string of the molecule is CNCC(C)C(C)c1ccc(OC)c(OC)c1. The van der Waals surface area contributed by atoms with Gasteiger partial charge in [-0.2, -0.15) is 0 Å². The van der Waals surface area contributed by atoms with Crippen molar-refractivity contribution in [2.24, 2.45) is 5.92 Å². The van der Waals surface area contributed by atoms with E-state index in [0.29, 0.717) is 11.8 Å². The van der Waals surface area contributed by atoms with E-state index in [4.69, 9.17) is 9.47 Å². The number of methoxy groups -OCH3 is 2. The maximum Gasteiger partial charge on any atom is 0.160 e. The molecule has 0 aliphatic rings. The van der Waals surface area contributed by atoms with Crippen molar-refractivity contribution in [3.8, 4) is 11.5 Å². The highest BCUT2D eigenvalue weighted by atomic mass is 16.5. The quantitative estimate of drug-likeness (QED) is 0.825. The minimum absolute atomic E-state index is 0.488. The molecule has 0 aromatic heterocycles. The predicted molar refractivity (Wildman–Crippen MR) is 71.1 cm³/mol. The Kier molecular flexibility index (Phi) is 5.29. The third-order valence-electron chi connectivity index (χ3n) is 3.31. The Morgan fingerprint density at radius 2 is 1.76 bits per heavy atom. The largest absolute Gasteiger partial charge is 0.493 e. The maximum absolute atomic E-state index is 5.33. The van der Waals surface area contributed by atoms with E-state index < -0.39 is 0 Å². The summed E-state index contributed by atoms with van der Waals surface area (Å²) in [4.78, 5) is 0. The van der Waals surface area contributed by atoms with Crippen LogP contribution in [0.15, 0.2) is 18.2 Å². The second-order valence-electron chi connectivity index (χ2n) is 4.44. The molecule has 1 aromatic carbocycles. The summed E-state index contributed by atoms with van der Waals surface area (Å²) in [6.45, 7) is 5.50. The first-order valence-electron chi connectivity index (χ1n) is 6.00. The molecule has 2 atom stereocenters. The highest BCUT2D eigenvalue weighted by Crippen LogP contribution is 2.32. The van der Waals surface area contributed by atoms with Crippen LogP contribution in [0.2, 0.25) is 0 Å². The Balaban J connectivity index is 2.91. The summed E-state index contributed by atoms with van der Waals surface area (Å²) in [6, 6.07) is 6.14. The van der Waals surface area contributed by atoms with Gasteiger partial charge in [0.2, 0.25) is 0 Å². The minimum Gasteiger partial charge on any atom is -0.493 e. The van der Waals surface area contributed by atoms with E-state index >= 15 is 0 Å². The Bertz CT molecular complexity index is 352. The molecule has 0 fully saturated rings. The van der Waals surface area contributed by atoms with Gasteiger partial charge in [-0.1, -0.05) is 19.9 Å². The Morgan fingerprint density at radius 1 is 1.12 bits per heavy atom. The zero-order valence-electron chi connectivity index (χ0n) is 11.4. The molecule has 0 amide bonds. The molecule has 0 saturated heterocycles. The topological polar surface area (TPSA) is 30.5 Å². The van der Waals surface area contributed by atoms with Crippen molar-refractivity contribution >= 4 is 0 Å². The maximum atomic E-state index is 5.33. The Morgan fingerprint density at radius 3 is 2.29 bits per heavy atom. The predicted octanol–water partition coefficient (Wildman–Crippen LogP) is 2.66. The summed E-state index contributed by atoms with van der Waals surface area (Å²) in [7, 11) is 5.31. The van der Waals surface area contributed by atoms with Gasteiger partial charge < -0.3 is 14.8 Å². The van der Waals surface area contributed by atoms with Gasteiger partial charge in [0.25, 0.3) is 0 Å². The minimum atomic E-state index is 0.488. The van der Waals surface area contributed by atoms with Crippen LogP contribution in [-0.2, 0) is 0 Å². The lowest BCUT2D eigenvalue weighted by Crippen LogP contribution is -2.20. The average Bonchev–Trinajstić information content (AvgIpc) is 2.37. The molecular formula is C14H23NO2. The van der Waals surface area contributed by atoms with E-state index in [9.17, 15) is 0 Å². The number of rotatable bonds is 6. The molecule has 0 heterocycles. The molecule has 0 radical (unpaired) electrons. The summed E-state index contributed by atoms with van der Waals surface area (Å²) < 4.78 is 10.6. The summed E-state index contributed by atoms with van der Waals surface area (Å²) >= 11 is 0. The zero-order chi connectivity index (χ0) is 12.8. The van der Waals surface area contributed by atoms with Crippen LogP contribution in [0.4, 0.5) is 0 Å². The summed E-state index contributed by atoms with van der Waals surface area (Å²) in [6.07, 6.45) is 0. The molecule has 3 nitrogen and oxygen atoms in total. The van der Waals surface area contributed by atoms with Crippen molar-refractivity contribution in [1.82, 2.24) is 5.32 Å². The molecule has 17 heavy (non-hydrogen) atoms. The average molecular weight is 237 g/mol. The first-order valence-corrected chi connectivity index (χ1v) is 6.00. The normalized spacial score (nSPS) is 14.2. The smallest absolute Gasteiger partial charge is 0.160 e. The summed E-state index contributed by atoms with van der Waals surface area (Å²) in [5.74, 6) is 2.65.